The van der Waals surface area contributed by atoms with Crippen molar-refractivity contribution in [2.75, 3.05) is 0 Å². The van der Waals surface area contributed by atoms with Crippen molar-refractivity contribution in [1.82, 2.24) is 0 Å². The number of hydrogen-bond donors (Lipinski definition) is 0. The average molecular weight is 244 g/mol. The predicted octanol–water partition coefficient (Wildman–Crippen LogP) is 5.68. The largest absolute Gasteiger partial charge is 0.0649 e. The Hall–Kier alpha value is -0.780. The molecule has 0 nitrogen and oxygen atoms in total. The van der Waals surface area contributed by atoms with Gasteiger partial charge in [-0.15, -0.1) is 0 Å². The maximum atomic E-state index is 2.38. The SMILES string of the molecule is CCC1(CCCCCc2cccc(C)c2)CCC1. The molecule has 0 bridgehead atoms. The summed E-state index contributed by atoms with van der Waals surface area (Å²) in [5, 5.41) is 0. The van der Waals surface area contributed by atoms with E-state index in [9.17, 15) is 0 Å². The molecule has 0 heterocycles. The van der Waals surface area contributed by atoms with Crippen molar-refractivity contribution < 1.29 is 0 Å². The molecule has 1 fully saturated rings. The number of benzene rings is 1. The van der Waals surface area contributed by atoms with E-state index in [1.807, 2.05) is 0 Å². The smallest absolute Gasteiger partial charge is 0.0279 e. The van der Waals surface area contributed by atoms with E-state index in [0.717, 1.165) is 5.41 Å². The molecule has 18 heavy (non-hydrogen) atoms. The fourth-order valence-corrected chi connectivity index (χ4v) is 3.33. The van der Waals surface area contributed by atoms with Gasteiger partial charge in [0, 0.05) is 0 Å². The van der Waals surface area contributed by atoms with E-state index >= 15 is 0 Å². The van der Waals surface area contributed by atoms with Gasteiger partial charge >= 0.3 is 0 Å². The van der Waals surface area contributed by atoms with Crippen LogP contribution in [-0.2, 0) is 6.42 Å². The van der Waals surface area contributed by atoms with Crippen molar-refractivity contribution in [3.05, 3.63) is 35.4 Å². The van der Waals surface area contributed by atoms with E-state index < -0.39 is 0 Å². The second-order valence-corrected chi connectivity index (χ2v) is 6.26. The van der Waals surface area contributed by atoms with Gasteiger partial charge in [0.2, 0.25) is 0 Å². The monoisotopic (exact) mass is 244 g/mol. The van der Waals surface area contributed by atoms with Gasteiger partial charge in [0.15, 0.2) is 0 Å². The molecule has 0 amide bonds. The van der Waals surface area contributed by atoms with Gasteiger partial charge in [-0.05, 0) is 50.0 Å². The lowest BCUT2D eigenvalue weighted by atomic mass is 9.64. The normalized spacial score (nSPS) is 17.4. The van der Waals surface area contributed by atoms with E-state index in [0.29, 0.717) is 0 Å². The van der Waals surface area contributed by atoms with E-state index in [1.54, 1.807) is 0 Å². The van der Waals surface area contributed by atoms with Crippen LogP contribution in [0.4, 0.5) is 0 Å². The maximum absolute atomic E-state index is 2.38. The number of unbranched alkanes of at least 4 members (excludes halogenated alkanes) is 2. The quantitative estimate of drug-likeness (QED) is 0.541. The first-order valence-electron chi connectivity index (χ1n) is 7.80. The maximum Gasteiger partial charge on any atom is -0.0279 e. The Morgan fingerprint density at radius 1 is 1.11 bits per heavy atom. The second kappa shape index (κ2) is 6.41. The molecule has 100 valence electrons. The molecule has 1 aromatic carbocycles. The van der Waals surface area contributed by atoms with Crippen LogP contribution >= 0.6 is 0 Å². The molecular weight excluding hydrogens is 216 g/mol. The standard InChI is InChI=1S/C18H28/c1-3-18(13-8-14-18)12-6-4-5-10-17-11-7-9-16(2)15-17/h7,9,11,15H,3-6,8,10,12-14H2,1-2H3. The summed E-state index contributed by atoms with van der Waals surface area (Å²) in [5.74, 6) is 0. The molecule has 1 aliphatic carbocycles. The molecule has 0 atom stereocenters. The highest BCUT2D eigenvalue weighted by molar-refractivity contribution is 5.22. The van der Waals surface area contributed by atoms with Crippen molar-refractivity contribution in [3.63, 3.8) is 0 Å². The zero-order valence-corrected chi connectivity index (χ0v) is 12.2. The number of hydrogen-bond acceptors (Lipinski definition) is 0. The molecule has 0 spiro atoms. The summed E-state index contributed by atoms with van der Waals surface area (Å²) in [6.07, 6.45) is 12.9. The minimum Gasteiger partial charge on any atom is -0.0649 e. The van der Waals surface area contributed by atoms with Crippen LogP contribution in [0.2, 0.25) is 0 Å². The van der Waals surface area contributed by atoms with Crippen molar-refractivity contribution in [3.8, 4) is 0 Å². The summed E-state index contributed by atoms with van der Waals surface area (Å²) in [4.78, 5) is 0. The Morgan fingerprint density at radius 3 is 2.56 bits per heavy atom. The van der Waals surface area contributed by atoms with Crippen LogP contribution in [0.15, 0.2) is 24.3 Å². The van der Waals surface area contributed by atoms with Crippen LogP contribution in [0.3, 0.4) is 0 Å². The van der Waals surface area contributed by atoms with Crippen molar-refractivity contribution in [2.24, 2.45) is 5.41 Å². The Bertz CT molecular complexity index is 355. The fraction of sp³-hybridized carbons (Fsp3) is 0.667. The van der Waals surface area contributed by atoms with Gasteiger partial charge < -0.3 is 0 Å². The lowest BCUT2D eigenvalue weighted by Crippen LogP contribution is -2.28. The molecule has 1 saturated carbocycles. The van der Waals surface area contributed by atoms with Crippen LogP contribution < -0.4 is 0 Å². The van der Waals surface area contributed by atoms with Crippen LogP contribution in [0.25, 0.3) is 0 Å². The van der Waals surface area contributed by atoms with Gasteiger partial charge in [-0.2, -0.15) is 0 Å². The van der Waals surface area contributed by atoms with Gasteiger partial charge in [0.25, 0.3) is 0 Å². The summed E-state index contributed by atoms with van der Waals surface area (Å²) in [7, 11) is 0. The first-order chi connectivity index (χ1) is 8.74. The van der Waals surface area contributed by atoms with Gasteiger partial charge in [0.05, 0.1) is 0 Å². The first kappa shape index (κ1) is 13.6. The Balaban J connectivity index is 1.61. The molecule has 1 aliphatic rings. The van der Waals surface area contributed by atoms with Crippen molar-refractivity contribution >= 4 is 0 Å². The van der Waals surface area contributed by atoms with Crippen LogP contribution in [0.1, 0.15) is 69.4 Å². The fourth-order valence-electron chi connectivity index (χ4n) is 3.33. The predicted molar refractivity (Wildman–Crippen MR) is 79.9 cm³/mol. The number of aryl methyl sites for hydroxylation is 2. The highest BCUT2D eigenvalue weighted by Gasteiger charge is 2.33. The lowest BCUT2D eigenvalue weighted by Gasteiger charge is -2.41. The minimum atomic E-state index is 0.767. The first-order valence-corrected chi connectivity index (χ1v) is 7.80. The van der Waals surface area contributed by atoms with E-state index in [4.69, 9.17) is 0 Å². The third-order valence-electron chi connectivity index (χ3n) is 4.92. The molecule has 2 rings (SSSR count). The molecule has 1 aromatic rings. The van der Waals surface area contributed by atoms with E-state index in [2.05, 4.69) is 38.1 Å². The second-order valence-electron chi connectivity index (χ2n) is 6.26. The Morgan fingerprint density at radius 2 is 1.94 bits per heavy atom. The third kappa shape index (κ3) is 3.60. The van der Waals surface area contributed by atoms with E-state index in [-0.39, 0.29) is 0 Å². The molecule has 0 unspecified atom stereocenters. The van der Waals surface area contributed by atoms with Gasteiger partial charge in [0.1, 0.15) is 0 Å². The number of rotatable bonds is 7. The molecule has 0 aromatic heterocycles. The molecule has 0 N–H and O–H groups in total. The summed E-state index contributed by atoms with van der Waals surface area (Å²) in [5.41, 5.74) is 3.68. The van der Waals surface area contributed by atoms with Crippen LogP contribution in [0.5, 0.6) is 0 Å². The Kier molecular flexibility index (Phi) is 4.86. The average Bonchev–Trinajstić information content (AvgIpc) is 2.32. The topological polar surface area (TPSA) is 0 Å². The molecular formula is C18H28. The molecule has 0 saturated heterocycles. The van der Waals surface area contributed by atoms with Crippen molar-refractivity contribution in [2.45, 2.75) is 71.6 Å². The summed E-state index contributed by atoms with van der Waals surface area (Å²) < 4.78 is 0. The molecule has 0 radical (unpaired) electrons. The molecule has 0 aliphatic heterocycles. The van der Waals surface area contributed by atoms with E-state index in [1.165, 1.54) is 68.9 Å². The zero-order valence-electron chi connectivity index (χ0n) is 12.2. The van der Waals surface area contributed by atoms with Crippen molar-refractivity contribution in [1.29, 1.82) is 0 Å². The van der Waals surface area contributed by atoms with Gasteiger partial charge in [-0.3, -0.25) is 0 Å². The molecule has 0 heteroatoms. The lowest BCUT2D eigenvalue weighted by molar-refractivity contribution is 0.109. The highest BCUT2D eigenvalue weighted by atomic mass is 14.4. The van der Waals surface area contributed by atoms with Crippen LogP contribution in [0, 0.1) is 12.3 Å². The Labute approximate surface area is 113 Å². The van der Waals surface area contributed by atoms with Crippen LogP contribution in [-0.4, -0.2) is 0 Å². The summed E-state index contributed by atoms with van der Waals surface area (Å²) in [6, 6.07) is 8.97. The summed E-state index contributed by atoms with van der Waals surface area (Å²) in [6.45, 7) is 4.57. The minimum absolute atomic E-state index is 0.767. The zero-order chi connectivity index (χ0) is 12.8. The highest BCUT2D eigenvalue weighted by Crippen LogP contribution is 2.47. The summed E-state index contributed by atoms with van der Waals surface area (Å²) >= 11 is 0. The third-order valence-corrected chi connectivity index (χ3v) is 4.92. The van der Waals surface area contributed by atoms with Gasteiger partial charge in [-0.25, -0.2) is 0 Å². The van der Waals surface area contributed by atoms with Gasteiger partial charge in [-0.1, -0.05) is 62.4 Å².